The summed E-state index contributed by atoms with van der Waals surface area (Å²) in [6.07, 6.45) is 8.45. The van der Waals surface area contributed by atoms with Gasteiger partial charge in [-0.25, -0.2) is 0 Å². The molecular formula is C21H27NO2S2. The van der Waals surface area contributed by atoms with Crippen LogP contribution in [-0.2, 0) is 16.0 Å². The zero-order chi connectivity index (χ0) is 17.8. The Morgan fingerprint density at radius 1 is 1.23 bits per heavy atom. The molecule has 0 unspecified atom stereocenters. The van der Waals surface area contributed by atoms with E-state index >= 15 is 0 Å². The largest absolute Gasteiger partial charge is 0.468 e. The number of thioether (sulfide) groups is 1. The second kappa shape index (κ2) is 8.22. The van der Waals surface area contributed by atoms with Crippen molar-refractivity contribution >= 4 is 29.0 Å². The quantitative estimate of drug-likeness (QED) is 0.670. The van der Waals surface area contributed by atoms with Crippen molar-refractivity contribution < 1.29 is 9.21 Å². The van der Waals surface area contributed by atoms with Gasteiger partial charge >= 0.3 is 0 Å². The molecule has 2 fully saturated rings. The first-order valence-corrected chi connectivity index (χ1v) is 11.7. The van der Waals surface area contributed by atoms with Crippen LogP contribution in [0.5, 0.6) is 0 Å². The van der Waals surface area contributed by atoms with Gasteiger partial charge in [0, 0.05) is 18.0 Å². The molecule has 1 aliphatic heterocycles. The number of likely N-dealkylation sites (tertiary alicyclic amines) is 1. The molecule has 0 N–H and O–H groups in total. The second-order valence-electron chi connectivity index (χ2n) is 7.60. The zero-order valence-corrected chi connectivity index (χ0v) is 16.8. The lowest BCUT2D eigenvalue weighted by Crippen LogP contribution is -2.48. The summed E-state index contributed by atoms with van der Waals surface area (Å²) < 4.78 is 5.40. The van der Waals surface area contributed by atoms with Crippen molar-refractivity contribution in [3.05, 3.63) is 46.5 Å². The van der Waals surface area contributed by atoms with Crippen molar-refractivity contribution in [2.75, 3.05) is 18.8 Å². The smallest absolute Gasteiger partial charge is 0.234 e. The molecule has 1 saturated carbocycles. The van der Waals surface area contributed by atoms with Gasteiger partial charge in [-0.2, -0.15) is 11.8 Å². The van der Waals surface area contributed by atoms with Crippen LogP contribution in [0.4, 0.5) is 0 Å². The van der Waals surface area contributed by atoms with Gasteiger partial charge in [-0.1, -0.05) is 18.9 Å². The molecule has 0 bridgehead atoms. The minimum atomic E-state index is -0.213. The summed E-state index contributed by atoms with van der Waals surface area (Å²) >= 11 is 3.72. The van der Waals surface area contributed by atoms with Crippen LogP contribution in [0.25, 0.3) is 0 Å². The van der Waals surface area contributed by atoms with Crippen molar-refractivity contribution in [1.29, 1.82) is 0 Å². The highest BCUT2D eigenvalue weighted by Crippen LogP contribution is 2.45. The van der Waals surface area contributed by atoms with Crippen LogP contribution in [0.3, 0.4) is 0 Å². The first-order valence-electron chi connectivity index (χ1n) is 9.71. The topological polar surface area (TPSA) is 33.5 Å². The summed E-state index contributed by atoms with van der Waals surface area (Å²) in [6.45, 7) is 1.86. The van der Waals surface area contributed by atoms with E-state index in [1.54, 1.807) is 17.6 Å². The summed E-state index contributed by atoms with van der Waals surface area (Å²) in [6, 6.07) is 8.26. The predicted octanol–water partition coefficient (Wildman–Crippen LogP) is 5.32. The number of carbonyl (C=O) groups is 1. The van der Waals surface area contributed by atoms with Gasteiger partial charge in [0.25, 0.3) is 0 Å². The minimum Gasteiger partial charge on any atom is -0.468 e. The van der Waals surface area contributed by atoms with Crippen LogP contribution in [0.2, 0.25) is 0 Å². The Bertz CT molecular complexity index is 682. The molecule has 2 aromatic heterocycles. The van der Waals surface area contributed by atoms with Crippen molar-refractivity contribution in [1.82, 2.24) is 4.90 Å². The van der Waals surface area contributed by atoms with Gasteiger partial charge in [-0.05, 0) is 60.9 Å². The van der Waals surface area contributed by atoms with Gasteiger partial charge in [0.15, 0.2) is 0 Å². The normalized spacial score (nSPS) is 20.5. The summed E-state index contributed by atoms with van der Waals surface area (Å²) in [5.41, 5.74) is -0.213. The minimum absolute atomic E-state index is 0.213. The maximum absolute atomic E-state index is 13.4. The molecule has 4 rings (SSSR count). The molecule has 0 atom stereocenters. The van der Waals surface area contributed by atoms with Gasteiger partial charge in [-0.15, -0.1) is 11.3 Å². The lowest BCUT2D eigenvalue weighted by molar-refractivity contribution is -0.138. The molecule has 2 aliphatic rings. The van der Waals surface area contributed by atoms with E-state index in [1.165, 1.54) is 23.5 Å². The number of thiophene rings is 1. The van der Waals surface area contributed by atoms with E-state index < -0.39 is 0 Å². The molecule has 3 nitrogen and oxygen atoms in total. The first-order chi connectivity index (χ1) is 12.8. The summed E-state index contributed by atoms with van der Waals surface area (Å²) in [5, 5.41) is 2.12. The fourth-order valence-corrected chi connectivity index (χ4v) is 6.55. The van der Waals surface area contributed by atoms with Gasteiger partial charge in [0.1, 0.15) is 5.76 Å². The van der Waals surface area contributed by atoms with E-state index in [-0.39, 0.29) is 5.41 Å². The Morgan fingerprint density at radius 2 is 2.04 bits per heavy atom. The molecule has 26 heavy (non-hydrogen) atoms. The highest BCUT2D eigenvalue weighted by Gasteiger charge is 2.46. The van der Waals surface area contributed by atoms with Gasteiger partial charge in [-0.3, -0.25) is 4.79 Å². The standard InChI is InChI=1S/C21H27NO2S2/c23-20(21(9-1-2-10-21)19-6-4-14-26-19)22-11-7-17(8-12-22)15-25-16-18-5-3-13-24-18/h3-6,13-14,17H,1-2,7-12,15-16H2. The third kappa shape index (κ3) is 3.74. The first kappa shape index (κ1) is 18.2. The fourth-order valence-electron chi connectivity index (χ4n) is 4.42. The highest BCUT2D eigenvalue weighted by atomic mass is 32.2. The zero-order valence-electron chi connectivity index (χ0n) is 15.2. The van der Waals surface area contributed by atoms with Crippen molar-refractivity contribution in [2.24, 2.45) is 5.92 Å². The Labute approximate surface area is 164 Å². The molecular weight excluding hydrogens is 362 g/mol. The third-order valence-corrected chi connectivity index (χ3v) is 8.21. The van der Waals surface area contributed by atoms with E-state index in [1.807, 2.05) is 23.9 Å². The van der Waals surface area contributed by atoms with Crippen LogP contribution in [0.1, 0.15) is 49.2 Å². The Hall–Kier alpha value is -1.20. The molecule has 0 radical (unpaired) electrons. The number of carbonyl (C=O) groups excluding carboxylic acids is 1. The maximum atomic E-state index is 13.4. The van der Waals surface area contributed by atoms with Gasteiger partial charge in [0.05, 0.1) is 17.4 Å². The molecule has 1 amide bonds. The number of nitrogens with zero attached hydrogens (tertiary/aromatic N) is 1. The lowest BCUT2D eigenvalue weighted by Gasteiger charge is -2.38. The summed E-state index contributed by atoms with van der Waals surface area (Å²) in [4.78, 5) is 16.9. The van der Waals surface area contributed by atoms with Crippen LogP contribution in [0.15, 0.2) is 40.3 Å². The van der Waals surface area contributed by atoms with E-state index in [9.17, 15) is 4.79 Å². The van der Waals surface area contributed by atoms with E-state index in [2.05, 4.69) is 22.4 Å². The number of furan rings is 1. The Morgan fingerprint density at radius 3 is 2.69 bits per heavy atom. The van der Waals surface area contributed by atoms with E-state index in [4.69, 9.17) is 4.42 Å². The van der Waals surface area contributed by atoms with Gasteiger partial charge in [0.2, 0.25) is 5.91 Å². The third-order valence-electron chi connectivity index (χ3n) is 5.94. The molecule has 0 aromatic carbocycles. The number of rotatable bonds is 6. The van der Waals surface area contributed by atoms with Gasteiger partial charge < -0.3 is 9.32 Å². The predicted molar refractivity (Wildman–Crippen MR) is 109 cm³/mol. The number of piperidine rings is 1. The molecule has 1 aliphatic carbocycles. The average molecular weight is 390 g/mol. The van der Waals surface area contributed by atoms with Crippen LogP contribution in [-0.4, -0.2) is 29.6 Å². The molecule has 5 heteroatoms. The van der Waals surface area contributed by atoms with Crippen LogP contribution < -0.4 is 0 Å². The highest BCUT2D eigenvalue weighted by molar-refractivity contribution is 7.98. The fraction of sp³-hybridized carbons (Fsp3) is 0.571. The van der Waals surface area contributed by atoms with Crippen molar-refractivity contribution in [2.45, 2.75) is 49.7 Å². The molecule has 0 spiro atoms. The molecule has 2 aromatic rings. The molecule has 3 heterocycles. The van der Waals surface area contributed by atoms with Crippen molar-refractivity contribution in [3.63, 3.8) is 0 Å². The van der Waals surface area contributed by atoms with Crippen LogP contribution >= 0.6 is 23.1 Å². The van der Waals surface area contributed by atoms with E-state index in [0.717, 1.165) is 56.2 Å². The maximum Gasteiger partial charge on any atom is 0.234 e. The SMILES string of the molecule is O=C(N1CCC(CSCc2ccco2)CC1)C1(c2cccs2)CCCC1. The van der Waals surface area contributed by atoms with Crippen LogP contribution in [0, 0.1) is 5.92 Å². The van der Waals surface area contributed by atoms with Crippen molar-refractivity contribution in [3.8, 4) is 0 Å². The number of amides is 1. The lowest BCUT2D eigenvalue weighted by atomic mass is 9.82. The average Bonchev–Trinajstić information content (AvgIpc) is 3.43. The van der Waals surface area contributed by atoms with E-state index in [0.29, 0.717) is 5.91 Å². The monoisotopic (exact) mass is 389 g/mol. The number of hydrogen-bond acceptors (Lipinski definition) is 4. The second-order valence-corrected chi connectivity index (χ2v) is 9.57. The molecule has 140 valence electrons. The number of hydrogen-bond donors (Lipinski definition) is 0. The Kier molecular flexibility index (Phi) is 5.75. The summed E-state index contributed by atoms with van der Waals surface area (Å²) in [7, 11) is 0. The Balaban J connectivity index is 1.30. The molecule has 1 saturated heterocycles. The summed E-state index contributed by atoms with van der Waals surface area (Å²) in [5.74, 6) is 4.30.